The molecule has 2 N–H and O–H groups in total. The maximum absolute atomic E-state index is 13.1. The molecule has 1 unspecified atom stereocenters. The van der Waals surface area contributed by atoms with Crippen LogP contribution in [0.5, 0.6) is 0 Å². The van der Waals surface area contributed by atoms with Gasteiger partial charge in [0.2, 0.25) is 0 Å². The number of rotatable bonds is 3. The molecule has 4 heteroatoms. The Morgan fingerprint density at radius 1 is 1.33 bits per heavy atom. The van der Waals surface area contributed by atoms with E-state index in [4.69, 9.17) is 14.9 Å². The van der Waals surface area contributed by atoms with Crippen LogP contribution < -0.4 is 5.73 Å². The lowest BCUT2D eigenvalue weighted by Gasteiger charge is -2.21. The molecule has 3 nitrogen and oxygen atoms in total. The molecule has 0 aliphatic rings. The normalized spacial score (nSPS) is 14.1. The van der Waals surface area contributed by atoms with E-state index in [-0.39, 0.29) is 17.5 Å². The monoisotopic (exact) mass is 251 g/mol. The first-order valence-corrected chi connectivity index (χ1v) is 5.94. The maximum Gasteiger partial charge on any atom is 0.134 e. The van der Waals surface area contributed by atoms with E-state index < -0.39 is 0 Å². The van der Waals surface area contributed by atoms with Gasteiger partial charge in [-0.3, -0.25) is 0 Å². The second kappa shape index (κ2) is 4.71. The molecule has 1 heterocycles. The Labute approximate surface area is 106 Å². The highest BCUT2D eigenvalue weighted by Gasteiger charge is 2.17. The smallest absolute Gasteiger partial charge is 0.134 e. The second-order valence-electron chi connectivity index (χ2n) is 5.36. The molecule has 98 valence electrons. The first kappa shape index (κ1) is 13.1. The Balaban J connectivity index is 2.15. The van der Waals surface area contributed by atoms with Crippen LogP contribution in [0, 0.1) is 5.82 Å². The fraction of sp³-hybridized carbons (Fsp3) is 0.429. The number of halogens is 1. The Morgan fingerprint density at radius 2 is 2.06 bits per heavy atom. The molecule has 0 amide bonds. The Morgan fingerprint density at radius 3 is 2.72 bits per heavy atom. The fourth-order valence-electron chi connectivity index (χ4n) is 1.64. The van der Waals surface area contributed by atoms with Crippen molar-refractivity contribution in [3.63, 3.8) is 0 Å². The van der Waals surface area contributed by atoms with Crippen molar-refractivity contribution < 1.29 is 13.5 Å². The van der Waals surface area contributed by atoms with Crippen LogP contribution in [-0.4, -0.2) is 12.2 Å². The minimum atomic E-state index is -0.348. The van der Waals surface area contributed by atoms with Crippen molar-refractivity contribution in [1.29, 1.82) is 0 Å². The third kappa shape index (κ3) is 3.09. The molecule has 1 aromatic heterocycles. The highest BCUT2D eigenvalue weighted by Crippen LogP contribution is 2.24. The number of ether oxygens (including phenoxy) is 1. The van der Waals surface area contributed by atoms with Gasteiger partial charge in [-0.1, -0.05) is 0 Å². The third-order valence-electron chi connectivity index (χ3n) is 2.56. The van der Waals surface area contributed by atoms with E-state index in [0.717, 1.165) is 5.39 Å². The molecule has 0 aliphatic heterocycles. The molecule has 2 rings (SSSR count). The third-order valence-corrected chi connectivity index (χ3v) is 2.56. The first-order valence-electron chi connectivity index (χ1n) is 5.94. The first-order chi connectivity index (χ1) is 8.35. The lowest BCUT2D eigenvalue weighted by molar-refractivity contribution is -0.0122. The minimum Gasteiger partial charge on any atom is -0.459 e. The largest absolute Gasteiger partial charge is 0.459 e. The van der Waals surface area contributed by atoms with E-state index in [1.54, 1.807) is 12.1 Å². The van der Waals surface area contributed by atoms with Gasteiger partial charge in [0.05, 0.1) is 18.2 Å². The van der Waals surface area contributed by atoms with E-state index in [0.29, 0.717) is 18.0 Å². The molecule has 0 saturated carbocycles. The number of furan rings is 1. The second-order valence-corrected chi connectivity index (χ2v) is 5.36. The zero-order valence-corrected chi connectivity index (χ0v) is 10.9. The van der Waals surface area contributed by atoms with Crippen LogP contribution >= 0.6 is 0 Å². The SMILES string of the molecule is CC(C)(C)OCC(N)c1cc2cc(F)ccc2o1. The van der Waals surface area contributed by atoms with Gasteiger partial charge in [0.25, 0.3) is 0 Å². The summed E-state index contributed by atoms with van der Waals surface area (Å²) in [5.41, 5.74) is 6.39. The summed E-state index contributed by atoms with van der Waals surface area (Å²) >= 11 is 0. The molecule has 0 radical (unpaired) electrons. The quantitative estimate of drug-likeness (QED) is 0.909. The predicted octanol–water partition coefficient (Wildman–Crippen LogP) is 3.39. The van der Waals surface area contributed by atoms with Gasteiger partial charge in [-0.25, -0.2) is 4.39 Å². The number of nitrogens with two attached hydrogens (primary N) is 1. The average molecular weight is 251 g/mol. The summed E-state index contributed by atoms with van der Waals surface area (Å²) in [6.07, 6.45) is 0. The molecular weight excluding hydrogens is 233 g/mol. The summed E-state index contributed by atoms with van der Waals surface area (Å²) in [5.74, 6) is 0.328. The Kier molecular flexibility index (Phi) is 3.41. The molecule has 0 fully saturated rings. The number of hydrogen-bond donors (Lipinski definition) is 1. The van der Waals surface area contributed by atoms with Crippen LogP contribution in [0.4, 0.5) is 4.39 Å². The molecule has 0 bridgehead atoms. The van der Waals surface area contributed by atoms with Crippen LogP contribution in [0.15, 0.2) is 28.7 Å². The summed E-state index contributed by atoms with van der Waals surface area (Å²) in [5, 5.41) is 0.719. The zero-order valence-electron chi connectivity index (χ0n) is 10.9. The van der Waals surface area contributed by atoms with E-state index >= 15 is 0 Å². The van der Waals surface area contributed by atoms with Gasteiger partial charge in [-0.05, 0) is 45.0 Å². The van der Waals surface area contributed by atoms with Crippen molar-refractivity contribution in [2.45, 2.75) is 32.4 Å². The van der Waals surface area contributed by atoms with Crippen molar-refractivity contribution in [1.82, 2.24) is 0 Å². The maximum atomic E-state index is 13.1. The van der Waals surface area contributed by atoms with Gasteiger partial charge >= 0.3 is 0 Å². The van der Waals surface area contributed by atoms with Crippen molar-refractivity contribution in [3.8, 4) is 0 Å². The molecule has 0 spiro atoms. The van der Waals surface area contributed by atoms with Crippen LogP contribution in [0.3, 0.4) is 0 Å². The van der Waals surface area contributed by atoms with E-state index in [1.165, 1.54) is 12.1 Å². The standard InChI is InChI=1S/C14H18FNO2/c1-14(2,3)17-8-11(16)13-7-9-6-10(15)4-5-12(9)18-13/h4-7,11H,8,16H2,1-3H3. The lowest BCUT2D eigenvalue weighted by atomic mass is 10.2. The number of fused-ring (bicyclic) bond motifs is 1. The van der Waals surface area contributed by atoms with Crippen LogP contribution in [-0.2, 0) is 4.74 Å². The summed E-state index contributed by atoms with van der Waals surface area (Å²) < 4.78 is 24.2. The van der Waals surface area contributed by atoms with Crippen LogP contribution in [0.2, 0.25) is 0 Å². The topological polar surface area (TPSA) is 48.4 Å². The van der Waals surface area contributed by atoms with Gasteiger partial charge < -0.3 is 14.9 Å². The number of hydrogen-bond acceptors (Lipinski definition) is 3. The van der Waals surface area contributed by atoms with Crippen LogP contribution in [0.25, 0.3) is 11.0 Å². The van der Waals surface area contributed by atoms with Crippen LogP contribution in [0.1, 0.15) is 32.6 Å². The Bertz CT molecular complexity index is 542. The summed E-state index contributed by atoms with van der Waals surface area (Å²) in [6.45, 7) is 6.26. The number of benzene rings is 1. The minimum absolute atomic E-state index is 0.240. The molecule has 1 atom stereocenters. The molecule has 0 saturated heterocycles. The fourth-order valence-corrected chi connectivity index (χ4v) is 1.64. The van der Waals surface area contributed by atoms with Gasteiger partial charge in [-0.2, -0.15) is 0 Å². The molecule has 2 aromatic rings. The van der Waals surface area contributed by atoms with Gasteiger partial charge in [0, 0.05) is 5.39 Å². The summed E-state index contributed by atoms with van der Waals surface area (Å²) in [6, 6.07) is 5.81. The van der Waals surface area contributed by atoms with Crippen molar-refractivity contribution >= 4 is 11.0 Å². The average Bonchev–Trinajstić information content (AvgIpc) is 2.67. The highest BCUT2D eigenvalue weighted by molar-refractivity contribution is 5.78. The van der Waals surface area contributed by atoms with E-state index in [1.807, 2.05) is 20.8 Å². The molecule has 18 heavy (non-hydrogen) atoms. The molecular formula is C14H18FNO2. The molecule has 0 aliphatic carbocycles. The van der Waals surface area contributed by atoms with Gasteiger partial charge in [0.15, 0.2) is 0 Å². The summed E-state index contributed by atoms with van der Waals surface area (Å²) in [4.78, 5) is 0. The van der Waals surface area contributed by atoms with Crippen molar-refractivity contribution in [2.24, 2.45) is 5.73 Å². The van der Waals surface area contributed by atoms with E-state index in [9.17, 15) is 4.39 Å². The Hall–Kier alpha value is -1.39. The summed E-state index contributed by atoms with van der Waals surface area (Å²) in [7, 11) is 0. The van der Waals surface area contributed by atoms with Gasteiger partial charge in [0.1, 0.15) is 17.2 Å². The molecule has 1 aromatic carbocycles. The van der Waals surface area contributed by atoms with Crippen molar-refractivity contribution in [3.05, 3.63) is 35.8 Å². The van der Waals surface area contributed by atoms with Crippen molar-refractivity contribution in [2.75, 3.05) is 6.61 Å². The lowest BCUT2D eigenvalue weighted by Crippen LogP contribution is -2.26. The zero-order chi connectivity index (χ0) is 13.3. The van der Waals surface area contributed by atoms with E-state index in [2.05, 4.69) is 0 Å². The predicted molar refractivity (Wildman–Crippen MR) is 68.8 cm³/mol. The van der Waals surface area contributed by atoms with Gasteiger partial charge in [-0.15, -0.1) is 0 Å². The highest BCUT2D eigenvalue weighted by atomic mass is 19.1.